The Kier molecular flexibility index (Phi) is 13.2. The maximum Gasteiger partial charge on any atom is 0.413 e. The van der Waals surface area contributed by atoms with E-state index in [0.717, 1.165) is 30.4 Å². The maximum absolute atomic E-state index is 13.4. The first-order valence-corrected chi connectivity index (χ1v) is 16.7. The largest absolute Gasteiger partial charge is 0.413 e. The van der Waals surface area contributed by atoms with Crippen LogP contribution in [0.2, 0.25) is 0 Å². The van der Waals surface area contributed by atoms with Crippen LogP contribution in [0.3, 0.4) is 0 Å². The number of nitrogen functional groups attached to an aromatic ring is 1. The standard InChI is InChI=1S/C35H48N8O5/c1-4-17-41(18-14-30(44)43(5-2)29-11-10-28(36)33(40-29)32(37)26-15-21-47-22-16-26)23-31(45)42-19-12-25(13-20-42)24-6-8-27(9-7-24)34(38)48-35(46)39-3/h6-12,26,37-38H,4-5,13-23,36H2,1-3H3,(H,39,46). The third kappa shape index (κ3) is 9.48. The van der Waals surface area contributed by atoms with Gasteiger partial charge in [0.05, 0.1) is 17.9 Å². The van der Waals surface area contributed by atoms with Crippen molar-refractivity contribution in [2.75, 3.05) is 70.2 Å². The minimum Gasteiger partial charge on any atom is -0.397 e. The Morgan fingerprint density at radius 3 is 2.44 bits per heavy atom. The van der Waals surface area contributed by atoms with E-state index >= 15 is 0 Å². The Labute approximate surface area is 282 Å². The van der Waals surface area contributed by atoms with Crippen LogP contribution in [-0.2, 0) is 19.1 Å². The van der Waals surface area contributed by atoms with Gasteiger partial charge in [0, 0.05) is 64.3 Å². The summed E-state index contributed by atoms with van der Waals surface area (Å²) < 4.78 is 10.3. The summed E-state index contributed by atoms with van der Waals surface area (Å²) in [5.41, 5.74) is 10.1. The SMILES string of the molecule is CCCN(CCC(=O)N(CC)c1ccc(N)c(C(=N)C2CCOCC2)n1)CC(=O)N1CC=C(c2ccc(C(=N)OC(=O)NC)cc2)CC1. The van der Waals surface area contributed by atoms with Crippen molar-refractivity contribution in [2.45, 2.75) is 46.0 Å². The zero-order chi connectivity index (χ0) is 34.6. The minimum absolute atomic E-state index is 0.0187. The molecule has 3 amide bonds. The summed E-state index contributed by atoms with van der Waals surface area (Å²) in [6.07, 6.45) is 4.63. The average Bonchev–Trinajstić information content (AvgIpc) is 3.11. The number of anilines is 2. The Morgan fingerprint density at radius 2 is 1.81 bits per heavy atom. The maximum atomic E-state index is 13.4. The molecule has 13 nitrogen and oxygen atoms in total. The van der Waals surface area contributed by atoms with Crippen molar-refractivity contribution in [3.8, 4) is 0 Å². The van der Waals surface area contributed by atoms with Gasteiger partial charge in [-0.3, -0.25) is 24.8 Å². The van der Waals surface area contributed by atoms with Gasteiger partial charge in [-0.1, -0.05) is 25.1 Å². The van der Waals surface area contributed by atoms with Gasteiger partial charge in [0.2, 0.25) is 17.7 Å². The second-order valence-electron chi connectivity index (χ2n) is 11.9. The fourth-order valence-corrected chi connectivity index (χ4v) is 5.93. The lowest BCUT2D eigenvalue weighted by atomic mass is 9.92. The van der Waals surface area contributed by atoms with Crippen LogP contribution in [0.25, 0.3) is 5.57 Å². The molecule has 1 aromatic carbocycles. The highest BCUT2D eigenvalue weighted by atomic mass is 16.6. The van der Waals surface area contributed by atoms with Crippen molar-refractivity contribution in [1.82, 2.24) is 20.1 Å². The van der Waals surface area contributed by atoms with E-state index in [2.05, 4.69) is 17.2 Å². The van der Waals surface area contributed by atoms with E-state index in [1.807, 2.05) is 34.9 Å². The minimum atomic E-state index is -0.690. The number of pyridine rings is 1. The number of hydrogen-bond donors (Lipinski definition) is 4. The lowest BCUT2D eigenvalue weighted by molar-refractivity contribution is -0.132. The van der Waals surface area contributed by atoms with Gasteiger partial charge in [-0.05, 0) is 74.6 Å². The fourth-order valence-electron chi connectivity index (χ4n) is 5.93. The van der Waals surface area contributed by atoms with Gasteiger partial charge < -0.3 is 30.8 Å². The van der Waals surface area contributed by atoms with Gasteiger partial charge in [-0.15, -0.1) is 0 Å². The number of rotatable bonds is 13. The van der Waals surface area contributed by atoms with Gasteiger partial charge in [0.25, 0.3) is 0 Å². The van der Waals surface area contributed by atoms with Crippen LogP contribution in [0.4, 0.5) is 16.3 Å². The number of benzene rings is 1. The molecule has 13 heteroatoms. The van der Waals surface area contributed by atoms with E-state index in [1.165, 1.54) is 7.05 Å². The first-order valence-electron chi connectivity index (χ1n) is 16.7. The second kappa shape index (κ2) is 17.5. The number of carbonyl (C=O) groups excluding carboxylic acids is 3. The van der Waals surface area contributed by atoms with Crippen LogP contribution in [-0.4, -0.2) is 104 Å². The van der Waals surface area contributed by atoms with Gasteiger partial charge >= 0.3 is 6.09 Å². The summed E-state index contributed by atoms with van der Waals surface area (Å²) in [6, 6.07) is 10.7. The molecule has 0 spiro atoms. The number of carbonyl (C=O) groups is 3. The Balaban J connectivity index is 1.32. The van der Waals surface area contributed by atoms with Crippen molar-refractivity contribution < 1.29 is 23.9 Å². The molecule has 258 valence electrons. The monoisotopic (exact) mass is 660 g/mol. The lowest BCUT2D eigenvalue weighted by Crippen LogP contribution is -2.43. The van der Waals surface area contributed by atoms with E-state index in [9.17, 15) is 14.4 Å². The number of ether oxygens (including phenoxy) is 2. The van der Waals surface area contributed by atoms with Crippen LogP contribution < -0.4 is 16.0 Å². The average molecular weight is 661 g/mol. The predicted molar refractivity (Wildman–Crippen MR) is 186 cm³/mol. The first kappa shape index (κ1) is 36.2. The van der Waals surface area contributed by atoms with Gasteiger partial charge in [0.1, 0.15) is 11.5 Å². The smallest absolute Gasteiger partial charge is 0.397 e. The summed E-state index contributed by atoms with van der Waals surface area (Å²) >= 11 is 0. The lowest BCUT2D eigenvalue weighted by Gasteiger charge is -2.30. The number of nitrogens with one attached hydrogen (secondary N) is 3. The molecule has 2 aliphatic heterocycles. The molecule has 4 rings (SSSR count). The zero-order valence-corrected chi connectivity index (χ0v) is 28.2. The molecule has 0 bridgehead atoms. The molecule has 3 heterocycles. The first-order chi connectivity index (χ1) is 23.1. The van der Waals surface area contributed by atoms with Crippen LogP contribution in [0.15, 0.2) is 42.5 Å². The van der Waals surface area contributed by atoms with Crippen molar-refractivity contribution >= 4 is 46.6 Å². The summed E-state index contributed by atoms with van der Waals surface area (Å²) in [5, 5.41) is 19.0. The Hall–Kier alpha value is -4.62. The van der Waals surface area contributed by atoms with Crippen molar-refractivity contribution in [3.05, 3.63) is 59.3 Å². The van der Waals surface area contributed by atoms with Crippen molar-refractivity contribution in [3.63, 3.8) is 0 Å². The Bertz CT molecular complexity index is 1500. The molecule has 2 aromatic rings. The molecular formula is C35H48N8O5. The second-order valence-corrected chi connectivity index (χ2v) is 11.9. The third-order valence-corrected chi connectivity index (χ3v) is 8.71. The van der Waals surface area contributed by atoms with Gasteiger partial charge in [-0.25, -0.2) is 9.78 Å². The number of hydrogen-bond acceptors (Lipinski definition) is 10. The van der Waals surface area contributed by atoms with E-state index in [0.29, 0.717) is 80.8 Å². The Morgan fingerprint density at radius 1 is 1.08 bits per heavy atom. The molecule has 1 fully saturated rings. The molecular weight excluding hydrogens is 612 g/mol. The molecule has 0 saturated carbocycles. The van der Waals surface area contributed by atoms with E-state index < -0.39 is 6.09 Å². The quantitative estimate of drug-likeness (QED) is 0.185. The van der Waals surface area contributed by atoms with Crippen molar-refractivity contribution in [1.29, 1.82) is 10.8 Å². The predicted octanol–water partition coefficient (Wildman–Crippen LogP) is 3.91. The number of amides is 3. The highest BCUT2D eigenvalue weighted by Crippen LogP contribution is 2.26. The molecule has 2 aliphatic rings. The molecule has 0 aliphatic carbocycles. The van der Waals surface area contributed by atoms with Crippen LogP contribution in [0.1, 0.15) is 62.8 Å². The van der Waals surface area contributed by atoms with Crippen LogP contribution >= 0.6 is 0 Å². The third-order valence-electron chi connectivity index (χ3n) is 8.71. The highest BCUT2D eigenvalue weighted by Gasteiger charge is 2.25. The molecule has 1 saturated heterocycles. The highest BCUT2D eigenvalue weighted by molar-refractivity contribution is 6.03. The van der Waals surface area contributed by atoms with Gasteiger partial charge in [-0.2, -0.15) is 0 Å². The van der Waals surface area contributed by atoms with Crippen LogP contribution in [0.5, 0.6) is 0 Å². The molecule has 0 unspecified atom stereocenters. The summed E-state index contributed by atoms with van der Waals surface area (Å²) in [6.45, 7) is 8.02. The van der Waals surface area contributed by atoms with Gasteiger partial charge in [0.15, 0.2) is 0 Å². The van der Waals surface area contributed by atoms with E-state index in [4.69, 9.17) is 26.0 Å². The number of nitrogens with two attached hydrogens (primary N) is 1. The van der Waals surface area contributed by atoms with Crippen LogP contribution in [0, 0.1) is 16.7 Å². The summed E-state index contributed by atoms with van der Waals surface area (Å²) in [7, 11) is 1.44. The molecule has 48 heavy (non-hydrogen) atoms. The zero-order valence-electron chi connectivity index (χ0n) is 28.2. The number of aromatic nitrogens is 1. The van der Waals surface area contributed by atoms with E-state index in [1.54, 1.807) is 29.2 Å². The molecule has 5 N–H and O–H groups in total. The summed E-state index contributed by atoms with van der Waals surface area (Å²) in [4.78, 5) is 48.3. The molecule has 0 atom stereocenters. The topological polar surface area (TPSA) is 178 Å². The van der Waals surface area contributed by atoms with E-state index in [-0.39, 0.29) is 36.6 Å². The molecule has 0 radical (unpaired) electrons. The summed E-state index contributed by atoms with van der Waals surface area (Å²) in [5.74, 6) is 0.198. The number of nitrogens with zero attached hydrogens (tertiary/aromatic N) is 4. The number of alkyl carbamates (subject to hydrolysis) is 1. The fraction of sp³-hybridized carbons (Fsp3) is 0.486. The normalized spacial score (nSPS) is 15.1. The van der Waals surface area contributed by atoms with Crippen molar-refractivity contribution in [2.24, 2.45) is 5.92 Å². The molecule has 1 aromatic heterocycles.